The van der Waals surface area contributed by atoms with E-state index in [0.29, 0.717) is 13.2 Å². The average Bonchev–Trinajstić information content (AvgIpc) is 2.29. The predicted octanol–water partition coefficient (Wildman–Crippen LogP) is 2.08. The van der Waals surface area contributed by atoms with Crippen LogP contribution in [0.2, 0.25) is 0 Å². The van der Waals surface area contributed by atoms with Crippen molar-refractivity contribution in [3.63, 3.8) is 0 Å². The number of likely N-dealkylation sites (N-methyl/N-ethyl adjacent to an activating group) is 1. The number of benzene rings is 1. The minimum absolute atomic E-state index is 0.635. The van der Waals surface area contributed by atoms with Gasteiger partial charge in [-0.2, -0.15) is 0 Å². The second-order valence-electron chi connectivity index (χ2n) is 3.92. The fraction of sp³-hybridized carbons (Fsp3) is 0.385. The van der Waals surface area contributed by atoms with Gasteiger partial charge in [-0.25, -0.2) is 0 Å². The second kappa shape index (κ2) is 5.03. The molecule has 1 aliphatic heterocycles. The summed E-state index contributed by atoms with van der Waals surface area (Å²) in [7, 11) is 1.95. The summed E-state index contributed by atoms with van der Waals surface area (Å²) in [5.41, 5.74) is 2.44. The number of nitrogens with one attached hydrogen (secondary N) is 1. The topological polar surface area (TPSA) is 30.5 Å². The molecule has 0 atom stereocenters. The second-order valence-corrected chi connectivity index (χ2v) is 3.92. The molecule has 2 rings (SSSR count). The maximum absolute atomic E-state index is 5.54. The molecule has 16 heavy (non-hydrogen) atoms. The van der Waals surface area contributed by atoms with Crippen LogP contribution >= 0.6 is 0 Å². The van der Waals surface area contributed by atoms with Crippen molar-refractivity contribution in [1.82, 2.24) is 5.32 Å². The molecule has 0 radical (unpaired) electrons. The molecule has 0 fully saturated rings. The highest BCUT2D eigenvalue weighted by molar-refractivity contribution is 5.58. The zero-order valence-electron chi connectivity index (χ0n) is 9.75. The SMILES string of the molecule is CNCC(C)=Cc1ccc2c(c1)OCCO2. The maximum atomic E-state index is 5.54. The molecule has 0 bridgehead atoms. The monoisotopic (exact) mass is 219 g/mol. The van der Waals surface area contributed by atoms with Crippen molar-refractivity contribution >= 4 is 6.08 Å². The molecule has 1 aromatic carbocycles. The first-order chi connectivity index (χ1) is 7.79. The van der Waals surface area contributed by atoms with E-state index in [-0.39, 0.29) is 0 Å². The normalized spacial score (nSPS) is 15.0. The molecule has 0 saturated heterocycles. The van der Waals surface area contributed by atoms with E-state index in [4.69, 9.17) is 9.47 Å². The lowest BCUT2D eigenvalue weighted by Gasteiger charge is -2.18. The first-order valence-corrected chi connectivity index (χ1v) is 5.51. The summed E-state index contributed by atoms with van der Waals surface area (Å²) in [6, 6.07) is 6.04. The third kappa shape index (κ3) is 2.55. The van der Waals surface area contributed by atoms with E-state index >= 15 is 0 Å². The Morgan fingerprint density at radius 3 is 2.81 bits per heavy atom. The molecule has 0 aromatic heterocycles. The fourth-order valence-corrected chi connectivity index (χ4v) is 1.76. The van der Waals surface area contributed by atoms with Crippen LogP contribution in [0.5, 0.6) is 11.5 Å². The van der Waals surface area contributed by atoms with Gasteiger partial charge in [0.2, 0.25) is 0 Å². The van der Waals surface area contributed by atoms with Crippen LogP contribution in [-0.2, 0) is 0 Å². The molecule has 3 heteroatoms. The Bertz CT molecular complexity index is 399. The summed E-state index contributed by atoms with van der Waals surface area (Å²) < 4.78 is 11.0. The lowest BCUT2D eigenvalue weighted by Crippen LogP contribution is -2.15. The summed E-state index contributed by atoms with van der Waals surface area (Å²) in [6.07, 6.45) is 2.15. The zero-order chi connectivity index (χ0) is 11.4. The Kier molecular flexibility index (Phi) is 3.47. The molecule has 1 aromatic rings. The van der Waals surface area contributed by atoms with E-state index in [0.717, 1.165) is 23.6 Å². The van der Waals surface area contributed by atoms with Crippen LogP contribution in [0.1, 0.15) is 12.5 Å². The first-order valence-electron chi connectivity index (χ1n) is 5.51. The van der Waals surface area contributed by atoms with E-state index in [1.807, 2.05) is 25.2 Å². The van der Waals surface area contributed by atoms with Crippen molar-refractivity contribution in [2.45, 2.75) is 6.92 Å². The summed E-state index contributed by atoms with van der Waals surface area (Å²) in [5.74, 6) is 1.69. The van der Waals surface area contributed by atoms with E-state index in [1.54, 1.807) is 0 Å². The number of fused-ring (bicyclic) bond motifs is 1. The van der Waals surface area contributed by atoms with Gasteiger partial charge in [-0.05, 0) is 31.7 Å². The van der Waals surface area contributed by atoms with Gasteiger partial charge < -0.3 is 14.8 Å². The summed E-state index contributed by atoms with van der Waals surface area (Å²) >= 11 is 0. The smallest absolute Gasteiger partial charge is 0.161 e. The van der Waals surface area contributed by atoms with Crippen molar-refractivity contribution < 1.29 is 9.47 Å². The Hall–Kier alpha value is -1.48. The summed E-state index contributed by atoms with van der Waals surface area (Å²) in [5, 5.41) is 3.13. The molecule has 1 N–H and O–H groups in total. The highest BCUT2D eigenvalue weighted by Gasteiger charge is 2.10. The van der Waals surface area contributed by atoms with Gasteiger partial charge in [-0.1, -0.05) is 17.7 Å². The lowest BCUT2D eigenvalue weighted by atomic mass is 10.1. The van der Waals surface area contributed by atoms with Crippen molar-refractivity contribution in [3.05, 3.63) is 29.3 Å². The fourth-order valence-electron chi connectivity index (χ4n) is 1.76. The van der Waals surface area contributed by atoms with Gasteiger partial charge in [0, 0.05) is 6.54 Å². The Balaban J connectivity index is 2.20. The molecule has 0 unspecified atom stereocenters. The van der Waals surface area contributed by atoms with E-state index < -0.39 is 0 Å². The number of rotatable bonds is 3. The average molecular weight is 219 g/mol. The van der Waals surface area contributed by atoms with Gasteiger partial charge in [0.05, 0.1) is 0 Å². The molecular weight excluding hydrogens is 202 g/mol. The Morgan fingerprint density at radius 2 is 2.06 bits per heavy atom. The molecule has 0 saturated carbocycles. The van der Waals surface area contributed by atoms with Gasteiger partial charge in [0.15, 0.2) is 11.5 Å². The highest BCUT2D eigenvalue weighted by atomic mass is 16.6. The maximum Gasteiger partial charge on any atom is 0.161 e. The Labute approximate surface area is 96.1 Å². The number of hydrogen-bond acceptors (Lipinski definition) is 3. The summed E-state index contributed by atoms with van der Waals surface area (Å²) in [6.45, 7) is 4.28. The van der Waals surface area contributed by atoms with E-state index in [2.05, 4.69) is 18.3 Å². The molecular formula is C13H17NO2. The summed E-state index contributed by atoms with van der Waals surface area (Å²) in [4.78, 5) is 0. The molecule has 1 aliphatic rings. The van der Waals surface area contributed by atoms with Gasteiger partial charge in [-0.15, -0.1) is 0 Å². The predicted molar refractivity (Wildman–Crippen MR) is 65.0 cm³/mol. The van der Waals surface area contributed by atoms with Gasteiger partial charge in [0.25, 0.3) is 0 Å². The van der Waals surface area contributed by atoms with Gasteiger partial charge >= 0.3 is 0 Å². The van der Waals surface area contributed by atoms with E-state index in [1.165, 1.54) is 5.57 Å². The minimum Gasteiger partial charge on any atom is -0.486 e. The highest BCUT2D eigenvalue weighted by Crippen LogP contribution is 2.31. The third-order valence-corrected chi connectivity index (χ3v) is 2.43. The standard InChI is InChI=1S/C13H17NO2/c1-10(9-14-2)7-11-3-4-12-13(8-11)16-6-5-15-12/h3-4,7-8,14H,5-6,9H2,1-2H3. The van der Waals surface area contributed by atoms with Crippen LogP contribution < -0.4 is 14.8 Å². The molecule has 0 spiro atoms. The van der Waals surface area contributed by atoms with Gasteiger partial charge in [0.1, 0.15) is 13.2 Å². The van der Waals surface area contributed by atoms with Crippen molar-refractivity contribution in [2.75, 3.05) is 26.8 Å². The van der Waals surface area contributed by atoms with E-state index in [9.17, 15) is 0 Å². The van der Waals surface area contributed by atoms with Crippen LogP contribution in [0.15, 0.2) is 23.8 Å². The van der Waals surface area contributed by atoms with Crippen LogP contribution in [0.3, 0.4) is 0 Å². The van der Waals surface area contributed by atoms with Gasteiger partial charge in [-0.3, -0.25) is 0 Å². The first kappa shape index (κ1) is 11.0. The number of ether oxygens (including phenoxy) is 2. The zero-order valence-corrected chi connectivity index (χ0v) is 9.75. The molecule has 1 heterocycles. The van der Waals surface area contributed by atoms with Crippen LogP contribution in [0.4, 0.5) is 0 Å². The van der Waals surface area contributed by atoms with Crippen LogP contribution in [-0.4, -0.2) is 26.8 Å². The van der Waals surface area contributed by atoms with Crippen LogP contribution in [0.25, 0.3) is 6.08 Å². The largest absolute Gasteiger partial charge is 0.486 e. The molecule has 3 nitrogen and oxygen atoms in total. The van der Waals surface area contributed by atoms with Crippen molar-refractivity contribution in [3.8, 4) is 11.5 Å². The minimum atomic E-state index is 0.635. The van der Waals surface area contributed by atoms with Crippen LogP contribution in [0, 0.1) is 0 Å². The molecule has 0 amide bonds. The molecule has 0 aliphatic carbocycles. The number of hydrogen-bond donors (Lipinski definition) is 1. The molecule has 86 valence electrons. The van der Waals surface area contributed by atoms with Crippen molar-refractivity contribution in [2.24, 2.45) is 0 Å². The van der Waals surface area contributed by atoms with Crippen molar-refractivity contribution in [1.29, 1.82) is 0 Å². The third-order valence-electron chi connectivity index (χ3n) is 2.43. The Morgan fingerprint density at radius 1 is 1.31 bits per heavy atom. The quantitative estimate of drug-likeness (QED) is 0.844. The lowest BCUT2D eigenvalue weighted by molar-refractivity contribution is 0.171.